The molecule has 1 saturated heterocycles. The van der Waals surface area contributed by atoms with E-state index in [4.69, 9.17) is 17.5 Å². The molecule has 1 unspecified atom stereocenters. The molecule has 5 nitrogen and oxygen atoms in total. The first-order valence-electron chi connectivity index (χ1n) is 10.1. The summed E-state index contributed by atoms with van der Waals surface area (Å²) in [4.78, 5) is 20.2. The Hall–Kier alpha value is -3.77. The van der Waals surface area contributed by atoms with Gasteiger partial charge in [-0.25, -0.2) is 0 Å². The first kappa shape index (κ1) is 21.1. The van der Waals surface area contributed by atoms with Crippen LogP contribution in [0.5, 0.6) is 0 Å². The maximum absolute atomic E-state index is 13.5. The molecule has 5 rings (SSSR count). The number of alkyl halides is 3. The van der Waals surface area contributed by atoms with Crippen molar-refractivity contribution in [1.29, 1.82) is 5.26 Å². The van der Waals surface area contributed by atoms with Gasteiger partial charge >= 0.3 is 6.18 Å². The molecule has 3 heterocycles. The van der Waals surface area contributed by atoms with E-state index in [1.807, 2.05) is 30.3 Å². The van der Waals surface area contributed by atoms with Crippen molar-refractivity contribution in [3.63, 3.8) is 0 Å². The third-order valence-corrected chi connectivity index (χ3v) is 6.30. The third kappa shape index (κ3) is 3.43. The number of aryl methyl sites for hydroxylation is 1. The number of benzene rings is 2. The number of rotatable bonds is 2. The summed E-state index contributed by atoms with van der Waals surface area (Å²) in [5.74, 6) is -0.375. The lowest BCUT2D eigenvalue weighted by Crippen LogP contribution is -2.39. The highest BCUT2D eigenvalue weighted by Gasteiger charge is 2.47. The minimum absolute atomic E-state index is 0.000690. The zero-order chi connectivity index (χ0) is 23.3. The number of hydrogen-bond acceptors (Lipinski definition) is 4. The van der Waals surface area contributed by atoms with Gasteiger partial charge < -0.3 is 4.90 Å². The predicted molar refractivity (Wildman–Crippen MR) is 121 cm³/mol. The molecule has 9 heteroatoms. The molecule has 0 bridgehead atoms. The second-order valence-electron chi connectivity index (χ2n) is 7.81. The van der Waals surface area contributed by atoms with Crippen molar-refractivity contribution in [1.82, 2.24) is 4.98 Å². The molecule has 2 aliphatic heterocycles. The number of thiocarbonyl (C=S) groups is 1. The highest BCUT2D eigenvalue weighted by molar-refractivity contribution is 7.81. The first-order valence-corrected chi connectivity index (χ1v) is 10.5. The summed E-state index contributed by atoms with van der Waals surface area (Å²) in [6.07, 6.45) is -0.145. The van der Waals surface area contributed by atoms with Crippen molar-refractivity contribution >= 4 is 34.6 Å². The topological polar surface area (TPSA) is 60.2 Å². The fourth-order valence-corrected chi connectivity index (χ4v) is 4.81. The van der Waals surface area contributed by atoms with Gasteiger partial charge in [0, 0.05) is 18.1 Å². The van der Waals surface area contributed by atoms with Crippen molar-refractivity contribution in [2.24, 2.45) is 0 Å². The Morgan fingerprint density at radius 2 is 1.94 bits per heavy atom. The van der Waals surface area contributed by atoms with Crippen molar-refractivity contribution < 1.29 is 18.0 Å². The molecule has 33 heavy (non-hydrogen) atoms. The van der Waals surface area contributed by atoms with Crippen LogP contribution in [0.2, 0.25) is 0 Å². The Morgan fingerprint density at radius 3 is 2.64 bits per heavy atom. The fourth-order valence-electron chi connectivity index (χ4n) is 4.39. The van der Waals surface area contributed by atoms with E-state index in [1.54, 1.807) is 23.4 Å². The van der Waals surface area contributed by atoms with Crippen molar-refractivity contribution in [3.8, 4) is 17.2 Å². The first-order chi connectivity index (χ1) is 15.8. The predicted octanol–water partition coefficient (Wildman–Crippen LogP) is 5.09. The lowest BCUT2D eigenvalue weighted by atomic mass is 9.93. The number of carbonyl (C=O) groups is 1. The van der Waals surface area contributed by atoms with Crippen molar-refractivity contribution in [3.05, 3.63) is 77.6 Å². The zero-order valence-electron chi connectivity index (χ0n) is 17.0. The van der Waals surface area contributed by atoms with Crippen molar-refractivity contribution in [2.75, 3.05) is 9.80 Å². The molecule has 1 amide bonds. The van der Waals surface area contributed by atoms with Gasteiger partial charge in [0.25, 0.3) is 5.91 Å². The average Bonchev–Trinajstić information content (AvgIpc) is 3.08. The van der Waals surface area contributed by atoms with E-state index in [2.05, 4.69) is 4.98 Å². The standard InChI is InChI=1S/C24H15F3N4OS/c25-24(26,27)19-11-18(6-3-16(19)12-28)30-22(32)21-8-5-15-10-14(17-2-1-9-29-13-17)4-7-20(15)31(21)23(30)33/h1-4,6-7,9-11,13,21H,5,8H2. The molecule has 1 aromatic heterocycles. The number of anilines is 2. The van der Waals surface area contributed by atoms with Crippen LogP contribution in [0.4, 0.5) is 24.5 Å². The van der Waals surface area contributed by atoms with E-state index in [9.17, 15) is 18.0 Å². The molecule has 0 saturated carbocycles. The summed E-state index contributed by atoms with van der Waals surface area (Å²) in [5.41, 5.74) is 2.11. The number of pyridine rings is 1. The van der Waals surface area contributed by atoms with Crippen LogP contribution in [0, 0.1) is 11.3 Å². The van der Waals surface area contributed by atoms with Gasteiger partial charge in [0.05, 0.1) is 22.9 Å². The largest absolute Gasteiger partial charge is 0.417 e. The molecule has 3 aromatic rings. The Balaban J connectivity index is 1.54. The lowest BCUT2D eigenvalue weighted by molar-refractivity contribution is -0.137. The number of nitrogens with zero attached hydrogens (tertiary/aromatic N) is 4. The lowest BCUT2D eigenvalue weighted by Gasteiger charge is -2.31. The van der Waals surface area contributed by atoms with Crippen molar-refractivity contribution in [2.45, 2.75) is 25.1 Å². The monoisotopic (exact) mass is 464 g/mol. The quantitative estimate of drug-likeness (QED) is 0.495. The summed E-state index contributed by atoms with van der Waals surface area (Å²) in [6, 6.07) is 13.8. The molecule has 1 atom stereocenters. The second kappa shape index (κ2) is 7.67. The minimum atomic E-state index is -4.73. The molecule has 1 fully saturated rings. The number of amides is 1. The van der Waals surface area contributed by atoms with E-state index >= 15 is 0 Å². The number of carbonyl (C=O) groups excluding carboxylic acids is 1. The highest BCUT2D eigenvalue weighted by atomic mass is 32.1. The number of hydrogen-bond donors (Lipinski definition) is 0. The molecular weight excluding hydrogens is 449 g/mol. The second-order valence-corrected chi connectivity index (χ2v) is 8.17. The van der Waals surface area contributed by atoms with Crippen LogP contribution < -0.4 is 9.80 Å². The van der Waals surface area contributed by atoms with E-state index in [1.165, 1.54) is 6.07 Å². The van der Waals surface area contributed by atoms with Gasteiger partial charge in [-0.3, -0.25) is 14.7 Å². The number of nitriles is 1. The Morgan fingerprint density at radius 1 is 1.12 bits per heavy atom. The summed E-state index contributed by atoms with van der Waals surface area (Å²) < 4.78 is 40.4. The number of aromatic nitrogens is 1. The molecule has 2 aliphatic rings. The molecule has 0 radical (unpaired) electrons. The summed E-state index contributed by atoms with van der Waals surface area (Å²) in [6.45, 7) is 0. The Bertz CT molecular complexity index is 1330. The summed E-state index contributed by atoms with van der Waals surface area (Å²) in [5, 5.41) is 9.18. The van der Waals surface area contributed by atoms with E-state index in [0.717, 1.165) is 39.4 Å². The van der Waals surface area contributed by atoms with E-state index < -0.39 is 23.3 Å². The van der Waals surface area contributed by atoms with Crippen LogP contribution in [0.1, 0.15) is 23.1 Å². The Labute approximate surface area is 192 Å². The summed E-state index contributed by atoms with van der Waals surface area (Å²) >= 11 is 5.57. The molecule has 2 aromatic carbocycles. The third-order valence-electron chi connectivity index (χ3n) is 5.92. The minimum Gasteiger partial charge on any atom is -0.305 e. The van der Waals surface area contributed by atoms with Gasteiger partial charge in [-0.1, -0.05) is 12.1 Å². The van der Waals surface area contributed by atoms with Gasteiger partial charge in [-0.2, -0.15) is 18.4 Å². The SMILES string of the molecule is N#Cc1ccc(N2C(=O)C3CCc4cc(-c5cccnc5)ccc4N3C2=S)cc1C(F)(F)F. The van der Waals surface area contributed by atoms with Gasteiger partial charge in [-0.05, 0) is 78.1 Å². The zero-order valence-corrected chi connectivity index (χ0v) is 17.8. The van der Waals surface area contributed by atoms with Gasteiger partial charge in [0.15, 0.2) is 5.11 Å². The molecule has 0 aliphatic carbocycles. The van der Waals surface area contributed by atoms with Crippen LogP contribution >= 0.6 is 12.2 Å². The number of halogens is 3. The van der Waals surface area contributed by atoms with Gasteiger partial charge in [-0.15, -0.1) is 0 Å². The maximum atomic E-state index is 13.5. The van der Waals surface area contributed by atoms with E-state index in [-0.39, 0.29) is 16.7 Å². The highest BCUT2D eigenvalue weighted by Crippen LogP contribution is 2.41. The van der Waals surface area contributed by atoms with Gasteiger partial charge in [0.2, 0.25) is 0 Å². The maximum Gasteiger partial charge on any atom is 0.417 e. The molecular formula is C24H15F3N4OS. The number of fused-ring (bicyclic) bond motifs is 3. The normalized spacial score (nSPS) is 17.6. The van der Waals surface area contributed by atoms with Crippen LogP contribution in [-0.4, -0.2) is 22.0 Å². The molecule has 164 valence electrons. The molecule has 0 spiro atoms. The fraction of sp³-hybridized carbons (Fsp3) is 0.167. The average molecular weight is 464 g/mol. The molecule has 0 N–H and O–H groups in total. The van der Waals surface area contributed by atoms with E-state index in [0.29, 0.717) is 12.8 Å². The van der Waals surface area contributed by atoms with Crippen LogP contribution in [0.25, 0.3) is 11.1 Å². The summed E-state index contributed by atoms with van der Waals surface area (Å²) in [7, 11) is 0. The van der Waals surface area contributed by atoms with Gasteiger partial charge in [0.1, 0.15) is 6.04 Å². The van der Waals surface area contributed by atoms with Crippen LogP contribution in [0.15, 0.2) is 60.9 Å². The Kier molecular flexibility index (Phi) is 4.91. The smallest absolute Gasteiger partial charge is 0.305 e. The van der Waals surface area contributed by atoms with Crippen LogP contribution in [-0.2, 0) is 17.4 Å². The van der Waals surface area contributed by atoms with Crippen LogP contribution in [0.3, 0.4) is 0 Å².